The summed E-state index contributed by atoms with van der Waals surface area (Å²) in [4.78, 5) is 0. The molecule has 13 heavy (non-hydrogen) atoms. The maximum atomic E-state index is 5.07. The summed E-state index contributed by atoms with van der Waals surface area (Å²) >= 11 is 5.07. The number of aromatic nitrogens is 4. The molecule has 1 saturated carbocycles. The van der Waals surface area contributed by atoms with Gasteiger partial charge in [-0.3, -0.25) is 0 Å². The molecule has 0 aromatic carbocycles. The lowest BCUT2D eigenvalue weighted by Crippen LogP contribution is -2.15. The van der Waals surface area contributed by atoms with Crippen LogP contribution in [0.4, 0.5) is 0 Å². The van der Waals surface area contributed by atoms with Gasteiger partial charge in [-0.05, 0) is 36.9 Å². The topological polar surface area (TPSA) is 46.5 Å². The minimum absolute atomic E-state index is 0.470. The molecule has 2 aliphatic carbocycles. The maximum Gasteiger partial charge on any atom is 0.238 e. The van der Waals surface area contributed by atoms with E-state index >= 15 is 0 Å². The number of aromatic amines is 1. The van der Waals surface area contributed by atoms with Gasteiger partial charge in [-0.15, -0.1) is 0 Å². The summed E-state index contributed by atoms with van der Waals surface area (Å²) in [7, 11) is 0. The zero-order chi connectivity index (χ0) is 8.84. The molecule has 3 rings (SSSR count). The van der Waals surface area contributed by atoms with E-state index in [1.807, 2.05) is 4.68 Å². The van der Waals surface area contributed by atoms with Crippen molar-refractivity contribution in [2.24, 2.45) is 11.8 Å². The van der Waals surface area contributed by atoms with Crippen molar-refractivity contribution in [3.8, 4) is 0 Å². The molecule has 5 heteroatoms. The molecule has 0 amide bonds. The monoisotopic (exact) mass is 194 g/mol. The molecule has 1 fully saturated rings. The third-order valence-electron chi connectivity index (χ3n) is 3.07. The molecule has 0 spiro atoms. The highest BCUT2D eigenvalue weighted by Gasteiger charge is 2.37. The van der Waals surface area contributed by atoms with Crippen LogP contribution in [0.1, 0.15) is 18.9 Å². The number of H-pyrrole nitrogens is 1. The Hall–Kier alpha value is -0.970. The highest BCUT2D eigenvalue weighted by Crippen LogP contribution is 2.45. The van der Waals surface area contributed by atoms with Gasteiger partial charge in [0.05, 0.1) is 6.04 Å². The molecule has 4 nitrogen and oxygen atoms in total. The van der Waals surface area contributed by atoms with Crippen molar-refractivity contribution in [2.75, 3.05) is 0 Å². The minimum atomic E-state index is 0.470. The van der Waals surface area contributed by atoms with Crippen molar-refractivity contribution in [1.29, 1.82) is 0 Å². The predicted octanol–water partition coefficient (Wildman–Crippen LogP) is 1.47. The summed E-state index contributed by atoms with van der Waals surface area (Å²) in [6, 6.07) is 0.470. The Morgan fingerprint density at radius 1 is 1.46 bits per heavy atom. The van der Waals surface area contributed by atoms with Gasteiger partial charge >= 0.3 is 0 Å². The number of nitrogens with zero attached hydrogens (tertiary/aromatic N) is 3. The van der Waals surface area contributed by atoms with Crippen LogP contribution in [0.5, 0.6) is 0 Å². The summed E-state index contributed by atoms with van der Waals surface area (Å²) < 4.78 is 2.50. The van der Waals surface area contributed by atoms with E-state index in [9.17, 15) is 0 Å². The smallest absolute Gasteiger partial charge is 0.238 e. The largest absolute Gasteiger partial charge is 0.239 e. The second-order valence-corrected chi connectivity index (χ2v) is 4.17. The van der Waals surface area contributed by atoms with Crippen LogP contribution < -0.4 is 0 Å². The van der Waals surface area contributed by atoms with Crippen LogP contribution in [0, 0.1) is 16.6 Å². The van der Waals surface area contributed by atoms with Crippen LogP contribution in [-0.4, -0.2) is 20.2 Å². The highest BCUT2D eigenvalue weighted by atomic mass is 32.1. The molecule has 1 heterocycles. The molecule has 0 saturated heterocycles. The van der Waals surface area contributed by atoms with E-state index in [4.69, 9.17) is 12.2 Å². The third kappa shape index (κ3) is 0.997. The normalized spacial score (nSPS) is 35.8. The molecule has 0 radical (unpaired) electrons. The highest BCUT2D eigenvalue weighted by molar-refractivity contribution is 7.71. The average Bonchev–Trinajstić information content (AvgIpc) is 2.77. The van der Waals surface area contributed by atoms with Gasteiger partial charge < -0.3 is 0 Å². The molecule has 1 aromatic heterocycles. The van der Waals surface area contributed by atoms with E-state index in [1.54, 1.807) is 0 Å². The standard InChI is InChI=1S/C8H10N4S/c13-8-9-10-11-12(8)7-4-5-1-2-6(7)3-5/h1-2,5-7H,3-4H2,(H,9,11,13)/t5-,6-,7+/m0/s1. The van der Waals surface area contributed by atoms with E-state index in [0.29, 0.717) is 16.7 Å². The van der Waals surface area contributed by atoms with Crippen molar-refractivity contribution < 1.29 is 0 Å². The molecule has 2 aliphatic rings. The molecule has 2 bridgehead atoms. The Labute approximate surface area is 80.6 Å². The van der Waals surface area contributed by atoms with Gasteiger partial charge in [0, 0.05) is 0 Å². The number of tetrazole rings is 1. The van der Waals surface area contributed by atoms with Gasteiger partial charge in [0.2, 0.25) is 4.77 Å². The van der Waals surface area contributed by atoms with Gasteiger partial charge in [0.1, 0.15) is 0 Å². The number of nitrogens with one attached hydrogen (secondary N) is 1. The first-order chi connectivity index (χ1) is 6.34. The predicted molar refractivity (Wildman–Crippen MR) is 49.6 cm³/mol. The van der Waals surface area contributed by atoms with Crippen molar-refractivity contribution >= 4 is 12.2 Å². The zero-order valence-corrected chi connectivity index (χ0v) is 7.87. The SMILES string of the molecule is S=c1nn[nH]n1[C@@H]1C[C@H]2C=C[C@H]1C2. The van der Waals surface area contributed by atoms with E-state index in [1.165, 1.54) is 12.8 Å². The second kappa shape index (κ2) is 2.51. The average molecular weight is 194 g/mol. The lowest BCUT2D eigenvalue weighted by Gasteiger charge is -2.17. The van der Waals surface area contributed by atoms with Crippen LogP contribution >= 0.6 is 12.2 Å². The Balaban J connectivity index is 2.00. The van der Waals surface area contributed by atoms with Crippen LogP contribution in [0.2, 0.25) is 0 Å². The second-order valence-electron chi connectivity index (χ2n) is 3.80. The first kappa shape index (κ1) is 7.44. The minimum Gasteiger partial charge on any atom is -0.239 e. The van der Waals surface area contributed by atoms with E-state index in [2.05, 4.69) is 27.7 Å². The lowest BCUT2D eigenvalue weighted by atomic mass is 10.0. The van der Waals surface area contributed by atoms with Crippen molar-refractivity contribution in [2.45, 2.75) is 18.9 Å². The van der Waals surface area contributed by atoms with Gasteiger partial charge in [-0.2, -0.15) is 5.21 Å². The fraction of sp³-hybridized carbons (Fsp3) is 0.625. The molecule has 0 unspecified atom stereocenters. The summed E-state index contributed by atoms with van der Waals surface area (Å²) in [5.74, 6) is 1.39. The molecule has 0 aliphatic heterocycles. The summed E-state index contributed by atoms with van der Waals surface area (Å²) in [5, 5.41) is 10.4. The first-order valence-electron chi connectivity index (χ1n) is 4.52. The van der Waals surface area contributed by atoms with Gasteiger partial charge in [0.15, 0.2) is 0 Å². The summed E-state index contributed by atoms with van der Waals surface area (Å²) in [6.07, 6.45) is 7.06. The lowest BCUT2D eigenvalue weighted by molar-refractivity contribution is 0.382. The molecular formula is C8H10N4S. The third-order valence-corrected chi connectivity index (χ3v) is 3.35. The van der Waals surface area contributed by atoms with Gasteiger partial charge in [0.25, 0.3) is 0 Å². The Morgan fingerprint density at radius 2 is 2.38 bits per heavy atom. The summed E-state index contributed by atoms with van der Waals surface area (Å²) in [5.41, 5.74) is 0. The van der Waals surface area contributed by atoms with Gasteiger partial charge in [-0.1, -0.05) is 22.5 Å². The number of rotatable bonds is 1. The Kier molecular flexibility index (Phi) is 1.44. The molecule has 1 N–H and O–H groups in total. The van der Waals surface area contributed by atoms with Crippen LogP contribution in [0.25, 0.3) is 0 Å². The van der Waals surface area contributed by atoms with Crippen molar-refractivity contribution in [3.63, 3.8) is 0 Å². The Bertz CT molecular complexity index is 404. The molecule has 1 aromatic rings. The number of hydrogen-bond acceptors (Lipinski definition) is 3. The van der Waals surface area contributed by atoms with E-state index < -0.39 is 0 Å². The van der Waals surface area contributed by atoms with Crippen molar-refractivity contribution in [3.05, 3.63) is 16.9 Å². The van der Waals surface area contributed by atoms with Crippen molar-refractivity contribution in [1.82, 2.24) is 20.2 Å². The number of fused-ring (bicyclic) bond motifs is 2. The Morgan fingerprint density at radius 3 is 2.92 bits per heavy atom. The quantitative estimate of drug-likeness (QED) is 0.544. The molecule has 3 atom stereocenters. The van der Waals surface area contributed by atoms with Crippen LogP contribution in [0.15, 0.2) is 12.2 Å². The first-order valence-corrected chi connectivity index (χ1v) is 4.93. The fourth-order valence-corrected chi connectivity index (χ4v) is 2.69. The van der Waals surface area contributed by atoms with E-state index in [0.717, 1.165) is 5.92 Å². The molecular weight excluding hydrogens is 184 g/mol. The number of allylic oxidation sites excluding steroid dienone is 2. The van der Waals surface area contributed by atoms with Gasteiger partial charge in [-0.25, -0.2) is 4.68 Å². The number of hydrogen-bond donors (Lipinski definition) is 1. The van der Waals surface area contributed by atoms with E-state index in [-0.39, 0.29) is 0 Å². The van der Waals surface area contributed by atoms with Crippen LogP contribution in [0.3, 0.4) is 0 Å². The molecule has 68 valence electrons. The fourth-order valence-electron chi connectivity index (χ4n) is 2.47. The maximum absolute atomic E-state index is 5.07. The summed E-state index contributed by atoms with van der Waals surface area (Å²) in [6.45, 7) is 0. The zero-order valence-electron chi connectivity index (χ0n) is 7.05. The van der Waals surface area contributed by atoms with Crippen LogP contribution in [-0.2, 0) is 0 Å².